The van der Waals surface area contributed by atoms with E-state index in [1.807, 2.05) is 0 Å². The van der Waals surface area contributed by atoms with Crippen molar-refractivity contribution in [3.05, 3.63) is 29.8 Å². The van der Waals surface area contributed by atoms with Crippen molar-refractivity contribution in [3.8, 4) is 0 Å². The van der Waals surface area contributed by atoms with Gasteiger partial charge in [0.2, 0.25) is 10.0 Å². The largest absolute Gasteiger partial charge is 0.317 e. The lowest BCUT2D eigenvalue weighted by molar-refractivity contribution is 0.424. The summed E-state index contributed by atoms with van der Waals surface area (Å²) in [6.07, 6.45) is 1.27. The monoisotopic (exact) mass is 276 g/mol. The molecule has 2 rings (SSSR count). The van der Waals surface area contributed by atoms with E-state index in [0.717, 1.165) is 12.1 Å². The molecule has 0 amide bonds. The van der Waals surface area contributed by atoms with Gasteiger partial charge in [-0.1, -0.05) is 6.07 Å². The molecule has 0 radical (unpaired) electrons. The first-order valence-electron chi connectivity index (χ1n) is 5.68. The highest BCUT2D eigenvalue weighted by Gasteiger charge is 2.25. The Labute approximate surface area is 104 Å². The van der Waals surface area contributed by atoms with Gasteiger partial charge in [0.25, 0.3) is 0 Å². The van der Waals surface area contributed by atoms with Gasteiger partial charge in [0, 0.05) is 6.04 Å². The number of nitrogens with one attached hydrogen (secondary N) is 2. The summed E-state index contributed by atoms with van der Waals surface area (Å²) in [5.41, 5.74) is 0. The van der Waals surface area contributed by atoms with Gasteiger partial charge in [-0.25, -0.2) is 21.9 Å². The minimum absolute atomic E-state index is 0.237. The molecule has 2 N–H and O–H groups in total. The predicted molar refractivity (Wildman–Crippen MR) is 62.6 cm³/mol. The van der Waals surface area contributed by atoms with Crippen molar-refractivity contribution in [3.63, 3.8) is 0 Å². The molecule has 100 valence electrons. The second-order valence-corrected chi connectivity index (χ2v) is 5.88. The number of rotatable bonds is 3. The summed E-state index contributed by atoms with van der Waals surface area (Å²) in [6.45, 7) is 1.41. The minimum Gasteiger partial charge on any atom is -0.317 e. The van der Waals surface area contributed by atoms with E-state index < -0.39 is 26.6 Å². The van der Waals surface area contributed by atoms with Gasteiger partial charge in [-0.2, -0.15) is 0 Å². The summed E-state index contributed by atoms with van der Waals surface area (Å²) < 4.78 is 52.7. The van der Waals surface area contributed by atoms with Crippen LogP contribution in [0.15, 0.2) is 23.1 Å². The van der Waals surface area contributed by atoms with E-state index in [9.17, 15) is 17.2 Å². The first kappa shape index (κ1) is 13.4. The third-order valence-electron chi connectivity index (χ3n) is 2.87. The molecule has 1 aromatic carbocycles. The van der Waals surface area contributed by atoms with Crippen molar-refractivity contribution >= 4 is 10.0 Å². The Hall–Kier alpha value is -1.05. The standard InChI is InChI=1S/C11H14F2N2O2S/c12-9-2-1-3-10(11(9)13)18(16,17)15-8-4-6-14-7-5-8/h1-3,8,14-15H,4-7H2. The molecule has 0 bridgehead atoms. The van der Waals surface area contributed by atoms with Crippen LogP contribution in [-0.2, 0) is 10.0 Å². The van der Waals surface area contributed by atoms with Crippen molar-refractivity contribution in [1.82, 2.24) is 10.0 Å². The molecule has 0 aliphatic carbocycles. The van der Waals surface area contributed by atoms with Gasteiger partial charge in [0.15, 0.2) is 11.6 Å². The van der Waals surface area contributed by atoms with E-state index >= 15 is 0 Å². The molecular formula is C11H14F2N2O2S. The molecular weight excluding hydrogens is 262 g/mol. The van der Waals surface area contributed by atoms with Gasteiger partial charge in [0.1, 0.15) is 4.90 Å². The summed E-state index contributed by atoms with van der Waals surface area (Å²) in [6, 6.07) is 2.88. The molecule has 4 nitrogen and oxygen atoms in total. The molecule has 1 saturated heterocycles. The topological polar surface area (TPSA) is 58.2 Å². The fourth-order valence-electron chi connectivity index (χ4n) is 1.91. The van der Waals surface area contributed by atoms with E-state index in [-0.39, 0.29) is 6.04 Å². The molecule has 0 spiro atoms. The Balaban J connectivity index is 2.22. The number of hydrogen-bond acceptors (Lipinski definition) is 3. The predicted octanol–water partition coefficient (Wildman–Crippen LogP) is 0.995. The molecule has 1 aliphatic rings. The Kier molecular flexibility index (Phi) is 3.94. The lowest BCUT2D eigenvalue weighted by Gasteiger charge is -2.23. The van der Waals surface area contributed by atoms with E-state index in [4.69, 9.17) is 0 Å². The van der Waals surface area contributed by atoms with Crippen LogP contribution < -0.4 is 10.0 Å². The van der Waals surface area contributed by atoms with Gasteiger partial charge in [-0.3, -0.25) is 0 Å². The Morgan fingerprint density at radius 2 is 1.89 bits per heavy atom. The number of sulfonamides is 1. The first-order valence-corrected chi connectivity index (χ1v) is 7.16. The van der Waals surface area contributed by atoms with Crippen LogP contribution in [-0.4, -0.2) is 27.5 Å². The van der Waals surface area contributed by atoms with Crippen LogP contribution in [0.5, 0.6) is 0 Å². The fourth-order valence-corrected chi connectivity index (χ4v) is 3.31. The van der Waals surface area contributed by atoms with Crippen LogP contribution >= 0.6 is 0 Å². The van der Waals surface area contributed by atoms with Crippen LogP contribution in [0.3, 0.4) is 0 Å². The molecule has 0 atom stereocenters. The highest BCUT2D eigenvalue weighted by Crippen LogP contribution is 2.18. The molecule has 18 heavy (non-hydrogen) atoms. The van der Waals surface area contributed by atoms with Crippen molar-refractivity contribution in [1.29, 1.82) is 0 Å². The fraction of sp³-hybridized carbons (Fsp3) is 0.455. The molecule has 1 aromatic rings. The maximum absolute atomic E-state index is 13.4. The minimum atomic E-state index is -4.01. The van der Waals surface area contributed by atoms with E-state index in [1.54, 1.807) is 0 Å². The molecule has 0 aromatic heterocycles. The molecule has 1 fully saturated rings. The maximum atomic E-state index is 13.4. The van der Waals surface area contributed by atoms with Crippen LogP contribution in [0, 0.1) is 11.6 Å². The van der Waals surface area contributed by atoms with Crippen LogP contribution in [0.4, 0.5) is 8.78 Å². The molecule has 0 saturated carbocycles. The Bertz CT molecular complexity index is 528. The van der Waals surface area contributed by atoms with Crippen molar-refractivity contribution in [2.45, 2.75) is 23.8 Å². The molecule has 0 unspecified atom stereocenters. The van der Waals surface area contributed by atoms with Crippen LogP contribution in [0.2, 0.25) is 0 Å². The second kappa shape index (κ2) is 5.29. The lowest BCUT2D eigenvalue weighted by Crippen LogP contribution is -2.42. The van der Waals surface area contributed by atoms with E-state index in [1.165, 1.54) is 6.07 Å². The number of benzene rings is 1. The van der Waals surface area contributed by atoms with Gasteiger partial charge in [0.05, 0.1) is 0 Å². The second-order valence-electron chi connectivity index (χ2n) is 4.20. The number of hydrogen-bond donors (Lipinski definition) is 2. The highest BCUT2D eigenvalue weighted by molar-refractivity contribution is 7.89. The third kappa shape index (κ3) is 2.85. The smallest absolute Gasteiger partial charge is 0.243 e. The van der Waals surface area contributed by atoms with Gasteiger partial charge in [-0.15, -0.1) is 0 Å². The SMILES string of the molecule is O=S(=O)(NC1CCNCC1)c1cccc(F)c1F. The average Bonchev–Trinajstić information content (AvgIpc) is 2.33. The highest BCUT2D eigenvalue weighted by atomic mass is 32.2. The van der Waals surface area contributed by atoms with Crippen molar-refractivity contribution < 1.29 is 17.2 Å². The van der Waals surface area contributed by atoms with Gasteiger partial charge in [-0.05, 0) is 38.1 Å². The van der Waals surface area contributed by atoms with Crippen molar-refractivity contribution in [2.24, 2.45) is 0 Å². The third-order valence-corrected chi connectivity index (χ3v) is 4.40. The van der Waals surface area contributed by atoms with E-state index in [0.29, 0.717) is 25.9 Å². The van der Waals surface area contributed by atoms with E-state index in [2.05, 4.69) is 10.0 Å². The zero-order valence-corrected chi connectivity index (χ0v) is 10.4. The molecule has 1 aliphatic heterocycles. The zero-order chi connectivity index (χ0) is 13.2. The average molecular weight is 276 g/mol. The molecule has 7 heteroatoms. The maximum Gasteiger partial charge on any atom is 0.243 e. The summed E-state index contributed by atoms with van der Waals surface area (Å²) in [4.78, 5) is -0.638. The first-order chi connectivity index (χ1) is 8.50. The number of piperidine rings is 1. The van der Waals surface area contributed by atoms with Crippen molar-refractivity contribution in [2.75, 3.05) is 13.1 Å². The number of halogens is 2. The van der Waals surface area contributed by atoms with Crippen LogP contribution in [0.25, 0.3) is 0 Å². The summed E-state index contributed by atoms with van der Waals surface area (Å²) in [7, 11) is -4.01. The normalized spacial score (nSPS) is 17.9. The quantitative estimate of drug-likeness (QED) is 0.866. The van der Waals surface area contributed by atoms with Gasteiger partial charge < -0.3 is 5.32 Å². The summed E-state index contributed by atoms with van der Waals surface area (Å²) in [5.74, 6) is -2.50. The lowest BCUT2D eigenvalue weighted by atomic mass is 10.1. The molecule has 1 heterocycles. The summed E-state index contributed by atoms with van der Waals surface area (Å²) >= 11 is 0. The summed E-state index contributed by atoms with van der Waals surface area (Å²) in [5, 5.41) is 3.09. The Morgan fingerprint density at radius 1 is 1.22 bits per heavy atom. The van der Waals surface area contributed by atoms with Crippen LogP contribution in [0.1, 0.15) is 12.8 Å². The Morgan fingerprint density at radius 3 is 2.56 bits per heavy atom. The zero-order valence-electron chi connectivity index (χ0n) is 9.62. The van der Waals surface area contributed by atoms with Gasteiger partial charge >= 0.3 is 0 Å².